The molecule has 20 heavy (non-hydrogen) atoms. The van der Waals surface area contributed by atoms with Crippen LogP contribution < -0.4 is 16.0 Å². The summed E-state index contributed by atoms with van der Waals surface area (Å²) in [5.41, 5.74) is 6.32. The highest BCUT2D eigenvalue weighted by molar-refractivity contribution is 5.95. The maximum Gasteiger partial charge on any atom is 0.279 e. The van der Waals surface area contributed by atoms with E-state index in [9.17, 15) is 9.59 Å². The predicted molar refractivity (Wildman–Crippen MR) is 77.6 cm³/mol. The number of primary amides is 1. The van der Waals surface area contributed by atoms with E-state index in [0.717, 1.165) is 13.1 Å². The Morgan fingerprint density at radius 3 is 2.20 bits per heavy atom. The number of nitrogens with one attached hydrogen (secondary N) is 2. The first-order valence-corrected chi connectivity index (χ1v) is 7.18. The number of nitrogens with two attached hydrogens (primary N) is 1. The number of benzene rings is 1. The molecule has 4 N–H and O–H groups in total. The number of rotatable bonds is 4. The van der Waals surface area contributed by atoms with Gasteiger partial charge in [-0.1, -0.05) is 0 Å². The molecular formula is C15H22N3O2+. The second kappa shape index (κ2) is 7.05. The van der Waals surface area contributed by atoms with E-state index in [1.165, 1.54) is 30.6 Å². The zero-order valence-corrected chi connectivity index (χ0v) is 11.7. The molecule has 1 aromatic carbocycles. The summed E-state index contributed by atoms with van der Waals surface area (Å²) >= 11 is 0. The van der Waals surface area contributed by atoms with Crippen LogP contribution in [0.4, 0.5) is 5.69 Å². The molecule has 0 aromatic heterocycles. The van der Waals surface area contributed by atoms with Gasteiger partial charge in [0.15, 0.2) is 6.54 Å². The van der Waals surface area contributed by atoms with Crippen LogP contribution in [0, 0.1) is 0 Å². The SMILES string of the molecule is NC(=O)c1ccc(NC(=O)C[NH+]2CCCCCC2)cc1. The number of carbonyl (C=O) groups excluding carboxylic acids is 2. The molecule has 0 saturated carbocycles. The third kappa shape index (κ3) is 4.35. The first kappa shape index (κ1) is 14.5. The first-order chi connectivity index (χ1) is 9.65. The van der Waals surface area contributed by atoms with Gasteiger partial charge in [-0.05, 0) is 49.9 Å². The van der Waals surface area contributed by atoms with E-state index in [2.05, 4.69) is 5.32 Å². The quantitative estimate of drug-likeness (QED) is 0.734. The molecule has 1 heterocycles. The van der Waals surface area contributed by atoms with Gasteiger partial charge < -0.3 is 16.0 Å². The van der Waals surface area contributed by atoms with E-state index in [1.807, 2.05) is 0 Å². The Hall–Kier alpha value is -1.88. The summed E-state index contributed by atoms with van der Waals surface area (Å²) in [5.74, 6) is -0.439. The van der Waals surface area contributed by atoms with Crippen molar-refractivity contribution < 1.29 is 14.5 Å². The van der Waals surface area contributed by atoms with E-state index < -0.39 is 5.91 Å². The van der Waals surface area contributed by atoms with Crippen LogP contribution >= 0.6 is 0 Å². The molecule has 1 aliphatic rings. The zero-order chi connectivity index (χ0) is 14.4. The summed E-state index contributed by atoms with van der Waals surface area (Å²) in [6.45, 7) is 2.67. The molecule has 5 nitrogen and oxygen atoms in total. The fourth-order valence-electron chi connectivity index (χ4n) is 2.56. The third-order valence-corrected chi connectivity index (χ3v) is 3.67. The molecule has 0 bridgehead atoms. The fourth-order valence-corrected chi connectivity index (χ4v) is 2.56. The molecule has 108 valence electrons. The van der Waals surface area contributed by atoms with Crippen molar-refractivity contribution >= 4 is 17.5 Å². The van der Waals surface area contributed by atoms with E-state index in [-0.39, 0.29) is 5.91 Å². The van der Waals surface area contributed by atoms with Gasteiger partial charge in [0, 0.05) is 11.3 Å². The number of hydrogen-bond acceptors (Lipinski definition) is 2. The number of likely N-dealkylation sites (tertiary alicyclic amines) is 1. The van der Waals surface area contributed by atoms with Crippen LogP contribution in [0.2, 0.25) is 0 Å². The Bertz CT molecular complexity index is 463. The zero-order valence-electron chi connectivity index (χ0n) is 11.7. The molecule has 2 amide bonds. The summed E-state index contributed by atoms with van der Waals surface area (Å²) in [5, 5.41) is 2.86. The summed E-state index contributed by atoms with van der Waals surface area (Å²) in [6.07, 6.45) is 4.96. The van der Waals surface area contributed by atoms with Crippen molar-refractivity contribution in [3.8, 4) is 0 Å². The first-order valence-electron chi connectivity index (χ1n) is 7.18. The molecule has 0 atom stereocenters. The number of amides is 2. The van der Waals surface area contributed by atoms with Gasteiger partial charge >= 0.3 is 0 Å². The molecule has 5 heteroatoms. The average Bonchev–Trinajstić information content (AvgIpc) is 2.68. The van der Waals surface area contributed by atoms with E-state index in [0.29, 0.717) is 17.8 Å². The van der Waals surface area contributed by atoms with Gasteiger partial charge in [-0.15, -0.1) is 0 Å². The van der Waals surface area contributed by atoms with Crippen molar-refractivity contribution in [3.63, 3.8) is 0 Å². The lowest BCUT2D eigenvalue weighted by Gasteiger charge is -2.16. The Labute approximate surface area is 119 Å². The van der Waals surface area contributed by atoms with Gasteiger partial charge in [0.1, 0.15) is 0 Å². The smallest absolute Gasteiger partial charge is 0.279 e. The van der Waals surface area contributed by atoms with E-state index in [4.69, 9.17) is 5.73 Å². The summed E-state index contributed by atoms with van der Waals surface area (Å²) < 4.78 is 0. The highest BCUT2D eigenvalue weighted by Gasteiger charge is 2.16. The van der Waals surface area contributed by atoms with Crippen LogP contribution in [-0.4, -0.2) is 31.4 Å². The molecule has 0 unspecified atom stereocenters. The minimum Gasteiger partial charge on any atom is -0.366 e. The monoisotopic (exact) mass is 276 g/mol. The van der Waals surface area contributed by atoms with Gasteiger partial charge in [0.25, 0.3) is 5.91 Å². The number of anilines is 1. The van der Waals surface area contributed by atoms with Crippen molar-refractivity contribution in [2.45, 2.75) is 25.7 Å². The predicted octanol–water partition coefficient (Wildman–Crippen LogP) is 0.183. The van der Waals surface area contributed by atoms with Gasteiger partial charge in [0.05, 0.1) is 13.1 Å². The topological polar surface area (TPSA) is 76.6 Å². The summed E-state index contributed by atoms with van der Waals surface area (Å²) in [6, 6.07) is 6.65. The van der Waals surface area contributed by atoms with Crippen LogP contribution in [0.5, 0.6) is 0 Å². The molecule has 0 radical (unpaired) electrons. The van der Waals surface area contributed by atoms with Crippen LogP contribution in [0.15, 0.2) is 24.3 Å². The maximum absolute atomic E-state index is 12.0. The molecule has 1 fully saturated rings. The lowest BCUT2D eigenvalue weighted by Crippen LogP contribution is -3.12. The third-order valence-electron chi connectivity index (χ3n) is 3.67. The van der Waals surface area contributed by atoms with Crippen molar-refractivity contribution in [2.24, 2.45) is 5.73 Å². The average molecular weight is 276 g/mol. The Morgan fingerprint density at radius 2 is 1.65 bits per heavy atom. The van der Waals surface area contributed by atoms with Gasteiger partial charge in [-0.2, -0.15) is 0 Å². The van der Waals surface area contributed by atoms with Crippen molar-refractivity contribution in [1.82, 2.24) is 0 Å². The number of quaternary nitrogens is 1. The fraction of sp³-hybridized carbons (Fsp3) is 0.467. The normalized spacial score (nSPS) is 16.4. The molecule has 1 aromatic rings. The van der Waals surface area contributed by atoms with Gasteiger partial charge in [0.2, 0.25) is 5.91 Å². The van der Waals surface area contributed by atoms with E-state index >= 15 is 0 Å². The molecule has 0 aliphatic carbocycles. The highest BCUT2D eigenvalue weighted by atomic mass is 16.2. The largest absolute Gasteiger partial charge is 0.366 e. The molecule has 1 saturated heterocycles. The second-order valence-electron chi connectivity index (χ2n) is 5.33. The van der Waals surface area contributed by atoms with Crippen LogP contribution in [0.25, 0.3) is 0 Å². The lowest BCUT2D eigenvalue weighted by atomic mass is 10.2. The van der Waals surface area contributed by atoms with Crippen molar-refractivity contribution in [1.29, 1.82) is 0 Å². The molecule has 0 spiro atoms. The van der Waals surface area contributed by atoms with E-state index in [1.54, 1.807) is 24.3 Å². The minimum atomic E-state index is -0.461. The van der Waals surface area contributed by atoms with Crippen LogP contribution in [-0.2, 0) is 4.79 Å². The number of hydrogen-bond donors (Lipinski definition) is 3. The van der Waals surface area contributed by atoms with Crippen molar-refractivity contribution in [2.75, 3.05) is 25.0 Å². The van der Waals surface area contributed by atoms with Gasteiger partial charge in [-0.25, -0.2) is 0 Å². The van der Waals surface area contributed by atoms with Gasteiger partial charge in [-0.3, -0.25) is 9.59 Å². The Kier molecular flexibility index (Phi) is 5.12. The second-order valence-corrected chi connectivity index (χ2v) is 5.33. The minimum absolute atomic E-state index is 0.0220. The summed E-state index contributed by atoms with van der Waals surface area (Å²) in [4.78, 5) is 24.3. The van der Waals surface area contributed by atoms with Crippen LogP contribution in [0.3, 0.4) is 0 Å². The Balaban J connectivity index is 1.85. The Morgan fingerprint density at radius 1 is 1.05 bits per heavy atom. The molecular weight excluding hydrogens is 254 g/mol. The highest BCUT2D eigenvalue weighted by Crippen LogP contribution is 2.08. The lowest BCUT2D eigenvalue weighted by molar-refractivity contribution is -0.890. The van der Waals surface area contributed by atoms with Crippen LogP contribution in [0.1, 0.15) is 36.0 Å². The molecule has 2 rings (SSSR count). The molecule has 1 aliphatic heterocycles. The standard InChI is InChI=1S/C15H21N3O2/c16-15(20)12-5-7-13(8-6-12)17-14(19)11-18-9-3-1-2-4-10-18/h5-8H,1-4,9-11H2,(H2,16,20)(H,17,19)/p+1. The number of carbonyl (C=O) groups is 2. The van der Waals surface area contributed by atoms with Crippen molar-refractivity contribution in [3.05, 3.63) is 29.8 Å². The summed E-state index contributed by atoms with van der Waals surface area (Å²) in [7, 11) is 0. The maximum atomic E-state index is 12.0.